The summed E-state index contributed by atoms with van der Waals surface area (Å²) < 4.78 is 4.89. The first-order valence-electron chi connectivity index (χ1n) is 4.14. The van der Waals surface area contributed by atoms with Crippen molar-refractivity contribution in [1.29, 1.82) is 0 Å². The number of carbonyl (C=O) groups is 1. The summed E-state index contributed by atoms with van der Waals surface area (Å²) in [6, 6.07) is 3.57. The van der Waals surface area contributed by atoms with Crippen molar-refractivity contribution in [1.82, 2.24) is 10.3 Å². The Morgan fingerprint density at radius 1 is 1.64 bits per heavy atom. The number of pyridine rings is 1. The molecule has 1 heterocycles. The number of carboxylic acids is 1. The van der Waals surface area contributed by atoms with E-state index in [9.17, 15) is 4.79 Å². The number of methoxy groups -OCH3 is 1. The van der Waals surface area contributed by atoms with E-state index in [1.807, 2.05) is 6.07 Å². The van der Waals surface area contributed by atoms with Crippen molar-refractivity contribution in [3.05, 3.63) is 23.9 Å². The molecular formula is C9H12N2O3. The van der Waals surface area contributed by atoms with Crippen LogP contribution in [0.15, 0.2) is 18.3 Å². The molecule has 0 saturated heterocycles. The number of nitrogens with one attached hydrogen (secondary N) is 1. The molecule has 0 aliphatic carbocycles. The van der Waals surface area contributed by atoms with Crippen LogP contribution in [-0.2, 0) is 11.3 Å². The third-order valence-electron chi connectivity index (χ3n) is 1.61. The summed E-state index contributed by atoms with van der Waals surface area (Å²) in [7, 11) is 1.55. The number of hydrogen-bond donors (Lipinski definition) is 2. The average molecular weight is 196 g/mol. The molecule has 0 unspecified atom stereocenters. The number of nitrogens with zero attached hydrogens (tertiary/aromatic N) is 1. The SMILES string of the molecule is COc1ccc(CNCC(=O)O)cn1. The number of aliphatic carboxylic acids is 1. The zero-order valence-electron chi connectivity index (χ0n) is 7.86. The van der Waals surface area contributed by atoms with Crippen LogP contribution in [0.5, 0.6) is 5.88 Å². The minimum atomic E-state index is -0.869. The molecule has 76 valence electrons. The number of aromatic nitrogens is 1. The first kappa shape index (κ1) is 10.5. The lowest BCUT2D eigenvalue weighted by atomic mass is 10.3. The van der Waals surface area contributed by atoms with Crippen molar-refractivity contribution < 1.29 is 14.6 Å². The first-order chi connectivity index (χ1) is 6.72. The van der Waals surface area contributed by atoms with E-state index in [2.05, 4.69) is 10.3 Å². The van der Waals surface area contributed by atoms with Crippen molar-refractivity contribution >= 4 is 5.97 Å². The predicted octanol–water partition coefficient (Wildman–Crippen LogP) is 0.264. The maximum absolute atomic E-state index is 10.2. The molecule has 1 aromatic heterocycles. The van der Waals surface area contributed by atoms with E-state index in [1.54, 1.807) is 19.4 Å². The molecule has 0 atom stereocenters. The summed E-state index contributed by atoms with van der Waals surface area (Å²) in [5.41, 5.74) is 0.923. The van der Waals surface area contributed by atoms with Crippen LogP contribution in [0.1, 0.15) is 5.56 Å². The Morgan fingerprint density at radius 3 is 2.93 bits per heavy atom. The molecule has 0 aliphatic heterocycles. The molecule has 5 heteroatoms. The summed E-state index contributed by atoms with van der Waals surface area (Å²) in [5, 5.41) is 11.1. The van der Waals surface area contributed by atoms with E-state index >= 15 is 0 Å². The van der Waals surface area contributed by atoms with Gasteiger partial charge in [-0.05, 0) is 5.56 Å². The third kappa shape index (κ3) is 3.40. The second-order valence-electron chi connectivity index (χ2n) is 2.71. The van der Waals surface area contributed by atoms with Gasteiger partial charge < -0.3 is 15.2 Å². The van der Waals surface area contributed by atoms with Gasteiger partial charge in [-0.1, -0.05) is 6.07 Å². The average Bonchev–Trinajstić information content (AvgIpc) is 2.18. The summed E-state index contributed by atoms with van der Waals surface area (Å²) >= 11 is 0. The van der Waals surface area contributed by atoms with Crippen LogP contribution < -0.4 is 10.1 Å². The van der Waals surface area contributed by atoms with Gasteiger partial charge in [0.25, 0.3) is 0 Å². The van der Waals surface area contributed by atoms with Crippen molar-refractivity contribution in [2.45, 2.75) is 6.54 Å². The first-order valence-corrected chi connectivity index (χ1v) is 4.14. The van der Waals surface area contributed by atoms with Gasteiger partial charge in [-0.3, -0.25) is 4.79 Å². The molecular weight excluding hydrogens is 184 g/mol. The second-order valence-corrected chi connectivity index (χ2v) is 2.71. The Balaban J connectivity index is 2.40. The van der Waals surface area contributed by atoms with Crippen LogP contribution in [0.2, 0.25) is 0 Å². The van der Waals surface area contributed by atoms with Crippen LogP contribution in [0.4, 0.5) is 0 Å². The quantitative estimate of drug-likeness (QED) is 0.707. The Morgan fingerprint density at radius 2 is 2.43 bits per heavy atom. The van der Waals surface area contributed by atoms with Gasteiger partial charge >= 0.3 is 5.97 Å². The highest BCUT2D eigenvalue weighted by Gasteiger charge is 1.97. The number of hydrogen-bond acceptors (Lipinski definition) is 4. The fourth-order valence-electron chi connectivity index (χ4n) is 0.950. The molecule has 0 bridgehead atoms. The maximum atomic E-state index is 10.2. The molecule has 0 spiro atoms. The second kappa shape index (κ2) is 5.18. The molecule has 5 nitrogen and oxygen atoms in total. The van der Waals surface area contributed by atoms with E-state index in [0.29, 0.717) is 12.4 Å². The van der Waals surface area contributed by atoms with Gasteiger partial charge in [0.15, 0.2) is 0 Å². The lowest BCUT2D eigenvalue weighted by molar-refractivity contribution is -0.135. The van der Waals surface area contributed by atoms with Crippen LogP contribution in [0, 0.1) is 0 Å². The van der Waals surface area contributed by atoms with Crippen LogP contribution >= 0.6 is 0 Å². The largest absolute Gasteiger partial charge is 0.481 e. The van der Waals surface area contributed by atoms with Gasteiger partial charge in [-0.15, -0.1) is 0 Å². The van der Waals surface area contributed by atoms with Crippen LogP contribution in [0.3, 0.4) is 0 Å². The molecule has 0 aromatic carbocycles. The number of carboxylic acid groups (broad SMARTS) is 1. The standard InChI is InChI=1S/C9H12N2O3/c1-14-8-3-2-7(5-11-8)4-10-6-9(12)13/h2-3,5,10H,4,6H2,1H3,(H,12,13). The summed E-state index contributed by atoms with van der Waals surface area (Å²) in [6.45, 7) is 0.440. The maximum Gasteiger partial charge on any atom is 0.317 e. The number of rotatable bonds is 5. The fourth-order valence-corrected chi connectivity index (χ4v) is 0.950. The minimum Gasteiger partial charge on any atom is -0.481 e. The molecule has 2 N–H and O–H groups in total. The Hall–Kier alpha value is -1.62. The van der Waals surface area contributed by atoms with Gasteiger partial charge in [0.1, 0.15) is 0 Å². The molecule has 0 saturated carbocycles. The van der Waals surface area contributed by atoms with Gasteiger partial charge in [0.05, 0.1) is 13.7 Å². The third-order valence-corrected chi connectivity index (χ3v) is 1.61. The molecule has 0 amide bonds. The Labute approximate surface area is 81.7 Å². The van der Waals surface area contributed by atoms with Crippen LogP contribution in [0.25, 0.3) is 0 Å². The van der Waals surface area contributed by atoms with E-state index in [4.69, 9.17) is 9.84 Å². The highest BCUT2D eigenvalue weighted by Crippen LogP contribution is 2.05. The lowest BCUT2D eigenvalue weighted by Crippen LogP contribution is -2.21. The van der Waals surface area contributed by atoms with Gasteiger partial charge in [0.2, 0.25) is 5.88 Å². The lowest BCUT2D eigenvalue weighted by Gasteiger charge is -2.02. The smallest absolute Gasteiger partial charge is 0.317 e. The molecule has 0 fully saturated rings. The highest BCUT2D eigenvalue weighted by atomic mass is 16.5. The monoisotopic (exact) mass is 196 g/mol. The van der Waals surface area contributed by atoms with E-state index in [1.165, 1.54) is 0 Å². The van der Waals surface area contributed by atoms with Crippen molar-refractivity contribution in [2.24, 2.45) is 0 Å². The molecule has 1 rings (SSSR count). The van der Waals surface area contributed by atoms with E-state index in [0.717, 1.165) is 5.56 Å². The van der Waals surface area contributed by atoms with E-state index in [-0.39, 0.29) is 6.54 Å². The normalized spacial score (nSPS) is 9.79. The highest BCUT2D eigenvalue weighted by molar-refractivity contribution is 5.68. The summed E-state index contributed by atoms with van der Waals surface area (Å²) in [6.07, 6.45) is 1.65. The Kier molecular flexibility index (Phi) is 3.87. The van der Waals surface area contributed by atoms with Crippen molar-refractivity contribution in [3.63, 3.8) is 0 Å². The van der Waals surface area contributed by atoms with Gasteiger partial charge in [-0.25, -0.2) is 4.98 Å². The molecule has 14 heavy (non-hydrogen) atoms. The van der Waals surface area contributed by atoms with Crippen LogP contribution in [-0.4, -0.2) is 29.7 Å². The zero-order chi connectivity index (χ0) is 10.4. The topological polar surface area (TPSA) is 71.5 Å². The molecule has 0 radical (unpaired) electrons. The minimum absolute atomic E-state index is 0.0496. The molecule has 1 aromatic rings. The zero-order valence-corrected chi connectivity index (χ0v) is 7.86. The van der Waals surface area contributed by atoms with Gasteiger partial charge in [0, 0.05) is 18.8 Å². The predicted molar refractivity (Wildman–Crippen MR) is 50.1 cm³/mol. The Bertz CT molecular complexity index is 297. The van der Waals surface area contributed by atoms with Crippen molar-refractivity contribution in [2.75, 3.05) is 13.7 Å². The van der Waals surface area contributed by atoms with Crippen molar-refractivity contribution in [3.8, 4) is 5.88 Å². The fraction of sp³-hybridized carbons (Fsp3) is 0.333. The number of ether oxygens (including phenoxy) is 1. The van der Waals surface area contributed by atoms with Gasteiger partial charge in [-0.2, -0.15) is 0 Å². The summed E-state index contributed by atoms with van der Waals surface area (Å²) in [4.78, 5) is 14.2. The molecule has 0 aliphatic rings. The van der Waals surface area contributed by atoms with E-state index < -0.39 is 5.97 Å². The summed E-state index contributed by atoms with van der Waals surface area (Å²) in [5.74, 6) is -0.321.